The zero-order valence-corrected chi connectivity index (χ0v) is 21.5. The quantitative estimate of drug-likeness (QED) is 0.307. The molecule has 6 rings (SSSR count). The van der Waals surface area contributed by atoms with Gasteiger partial charge in [0.05, 0.1) is 19.6 Å². The van der Waals surface area contributed by atoms with E-state index in [-0.39, 0.29) is 0 Å². The van der Waals surface area contributed by atoms with Crippen molar-refractivity contribution in [2.45, 2.75) is 12.8 Å². The molecule has 1 saturated heterocycles. The molecule has 0 bridgehead atoms. The SMILES string of the molecule is C1CN=C2NCCC[NH+]2C1.Fc1cccc([B-](c2cccc(F)c2)(c2cccc(F)c2)c2cccc(F)c2)c1. The van der Waals surface area contributed by atoms with Crippen LogP contribution >= 0.6 is 0 Å². The van der Waals surface area contributed by atoms with E-state index in [1.165, 1.54) is 80.4 Å². The molecule has 8 heteroatoms. The molecule has 1 atom stereocenters. The van der Waals surface area contributed by atoms with Gasteiger partial charge < -0.3 is 5.32 Å². The van der Waals surface area contributed by atoms with Gasteiger partial charge >= 0.3 is 0 Å². The lowest BCUT2D eigenvalue weighted by Gasteiger charge is -2.44. The molecule has 0 radical (unpaired) electrons. The molecule has 4 aromatic carbocycles. The van der Waals surface area contributed by atoms with E-state index in [2.05, 4.69) is 10.3 Å². The summed E-state index contributed by atoms with van der Waals surface area (Å²) in [5.41, 5.74) is 1.97. The standard InChI is InChI=1S/C24H16BF4.C7H13N3/c26-21-9-1-5-17(13-21)25(18-6-2-10-22(27)14-18,19-7-3-11-23(28)15-19)20-8-4-12-24(29)16-20;1-3-8-7-9-4-2-6-10(7)5-1/h1-16H;1-6H2,(H,8,9)/q-1;/p+1. The van der Waals surface area contributed by atoms with E-state index < -0.39 is 29.4 Å². The van der Waals surface area contributed by atoms with Gasteiger partial charge in [-0.15, -0.1) is 0 Å². The van der Waals surface area contributed by atoms with Gasteiger partial charge in [0.15, 0.2) is 0 Å². The highest BCUT2D eigenvalue weighted by atomic mass is 19.1. The van der Waals surface area contributed by atoms with Gasteiger partial charge in [0.2, 0.25) is 0 Å². The van der Waals surface area contributed by atoms with E-state index >= 15 is 0 Å². The molecule has 2 N–H and O–H groups in total. The van der Waals surface area contributed by atoms with Crippen LogP contribution in [0.1, 0.15) is 12.8 Å². The second-order valence-electron chi connectivity index (χ2n) is 10.1. The summed E-state index contributed by atoms with van der Waals surface area (Å²) in [6.07, 6.45) is 0.312. The molecule has 4 aromatic rings. The van der Waals surface area contributed by atoms with Crippen molar-refractivity contribution in [2.24, 2.45) is 4.99 Å². The Morgan fingerprint density at radius 1 is 0.590 bits per heavy atom. The first-order valence-corrected chi connectivity index (χ1v) is 13.3. The lowest BCUT2D eigenvalue weighted by Crippen LogP contribution is -3.18. The van der Waals surface area contributed by atoms with Crippen LogP contribution in [-0.4, -0.2) is 38.3 Å². The molecule has 3 nitrogen and oxygen atoms in total. The van der Waals surface area contributed by atoms with Gasteiger partial charge in [0, 0.05) is 19.4 Å². The zero-order chi connectivity index (χ0) is 27.2. The summed E-state index contributed by atoms with van der Waals surface area (Å²) in [7, 11) is 0. The zero-order valence-electron chi connectivity index (χ0n) is 21.5. The molecule has 1 unspecified atom stereocenters. The number of nitrogens with zero attached hydrogens (tertiary/aromatic N) is 1. The Kier molecular flexibility index (Phi) is 8.12. The Morgan fingerprint density at radius 3 is 1.38 bits per heavy atom. The predicted molar refractivity (Wildman–Crippen MR) is 150 cm³/mol. The molecule has 0 amide bonds. The summed E-state index contributed by atoms with van der Waals surface area (Å²) in [4.78, 5) is 5.99. The van der Waals surface area contributed by atoms with Crippen molar-refractivity contribution < 1.29 is 22.5 Å². The van der Waals surface area contributed by atoms with Crippen LogP contribution in [0.25, 0.3) is 0 Å². The molecule has 2 aliphatic heterocycles. The van der Waals surface area contributed by atoms with Crippen molar-refractivity contribution in [3.63, 3.8) is 0 Å². The van der Waals surface area contributed by atoms with Crippen molar-refractivity contribution in [3.8, 4) is 0 Å². The van der Waals surface area contributed by atoms with Crippen LogP contribution in [0.4, 0.5) is 17.6 Å². The van der Waals surface area contributed by atoms with Crippen LogP contribution in [0.3, 0.4) is 0 Å². The van der Waals surface area contributed by atoms with Crippen molar-refractivity contribution >= 4 is 34.0 Å². The number of guanidine groups is 1. The highest BCUT2D eigenvalue weighted by molar-refractivity contribution is 7.19. The minimum Gasteiger partial charge on any atom is -0.324 e. The van der Waals surface area contributed by atoms with E-state index in [4.69, 9.17) is 0 Å². The number of nitrogens with one attached hydrogen (secondary N) is 2. The van der Waals surface area contributed by atoms with E-state index in [9.17, 15) is 17.6 Å². The lowest BCUT2D eigenvalue weighted by molar-refractivity contribution is -0.814. The summed E-state index contributed by atoms with van der Waals surface area (Å²) in [5, 5.41) is 3.33. The molecule has 2 aliphatic rings. The first kappa shape index (κ1) is 26.7. The summed E-state index contributed by atoms with van der Waals surface area (Å²) >= 11 is 0. The number of fused-ring (bicyclic) bond motifs is 1. The topological polar surface area (TPSA) is 28.8 Å². The average molecular weight is 531 g/mol. The van der Waals surface area contributed by atoms with Gasteiger partial charge in [-0.25, -0.2) is 22.6 Å². The van der Waals surface area contributed by atoms with Gasteiger partial charge in [-0.2, -0.15) is 21.9 Å². The second kappa shape index (κ2) is 11.9. The smallest absolute Gasteiger partial charge is 0.295 e. The van der Waals surface area contributed by atoms with Crippen LogP contribution in [0, 0.1) is 23.3 Å². The molecule has 0 aliphatic carbocycles. The lowest BCUT2D eigenvalue weighted by atomic mass is 9.13. The van der Waals surface area contributed by atoms with Crippen LogP contribution in [-0.2, 0) is 0 Å². The Labute approximate surface area is 226 Å². The third-order valence-corrected chi connectivity index (χ3v) is 7.58. The molecule has 0 aromatic heterocycles. The number of rotatable bonds is 4. The fourth-order valence-corrected chi connectivity index (χ4v) is 5.90. The molecular formula is C31H30BF4N3. The normalized spacial score (nSPS) is 16.7. The number of halogens is 4. The maximum Gasteiger partial charge on any atom is 0.295 e. The Morgan fingerprint density at radius 2 is 1.00 bits per heavy atom. The maximum absolute atomic E-state index is 14.3. The van der Waals surface area contributed by atoms with Crippen LogP contribution < -0.4 is 32.1 Å². The third kappa shape index (κ3) is 5.76. The summed E-state index contributed by atoms with van der Waals surface area (Å²) in [5.74, 6) is -0.732. The van der Waals surface area contributed by atoms with E-state index in [0.29, 0.717) is 21.9 Å². The first-order chi connectivity index (χ1) is 19.0. The van der Waals surface area contributed by atoms with Crippen LogP contribution in [0.5, 0.6) is 0 Å². The first-order valence-electron chi connectivity index (χ1n) is 13.3. The van der Waals surface area contributed by atoms with E-state index in [1.807, 2.05) is 0 Å². The number of hydrogen-bond donors (Lipinski definition) is 2. The van der Waals surface area contributed by atoms with Crippen LogP contribution in [0.2, 0.25) is 0 Å². The van der Waals surface area contributed by atoms with Gasteiger partial charge in [-0.3, -0.25) is 4.90 Å². The highest BCUT2D eigenvalue weighted by Crippen LogP contribution is 2.13. The summed E-state index contributed by atoms with van der Waals surface area (Å²) in [6, 6.07) is 23.5. The van der Waals surface area contributed by atoms with Gasteiger partial charge in [-0.05, 0) is 24.3 Å². The molecule has 39 heavy (non-hydrogen) atoms. The molecular weight excluding hydrogens is 501 g/mol. The molecule has 2 heterocycles. The number of benzene rings is 4. The minimum absolute atomic E-state index is 0.488. The third-order valence-electron chi connectivity index (χ3n) is 7.58. The molecule has 0 saturated carbocycles. The summed E-state index contributed by atoms with van der Waals surface area (Å²) in [6.45, 7) is 4.73. The predicted octanol–water partition coefficient (Wildman–Crippen LogP) is 2.24. The van der Waals surface area contributed by atoms with Crippen molar-refractivity contribution in [2.75, 3.05) is 26.2 Å². The minimum atomic E-state index is -2.25. The van der Waals surface area contributed by atoms with E-state index in [0.717, 1.165) is 13.1 Å². The Bertz CT molecular complexity index is 1290. The fraction of sp³-hybridized carbons (Fsp3) is 0.194. The number of aliphatic imine (C=N–C) groups is 1. The van der Waals surface area contributed by atoms with Crippen molar-refractivity contribution in [3.05, 3.63) is 120 Å². The average Bonchev–Trinajstić information content (AvgIpc) is 2.94. The molecule has 1 fully saturated rings. The highest BCUT2D eigenvalue weighted by Gasteiger charge is 2.33. The number of hydrogen-bond acceptors (Lipinski definition) is 2. The van der Waals surface area contributed by atoms with Crippen LogP contribution in [0.15, 0.2) is 102 Å². The molecule has 200 valence electrons. The second-order valence-corrected chi connectivity index (χ2v) is 10.1. The van der Waals surface area contributed by atoms with E-state index in [1.54, 1.807) is 53.4 Å². The molecule has 0 spiro atoms. The Hall–Kier alpha value is -3.91. The Balaban J connectivity index is 0.000000257. The van der Waals surface area contributed by atoms with Gasteiger partial charge in [0.1, 0.15) is 29.4 Å². The monoisotopic (exact) mass is 531 g/mol. The maximum atomic E-state index is 14.3. The largest absolute Gasteiger partial charge is 0.324 e. The fourth-order valence-electron chi connectivity index (χ4n) is 5.90. The van der Waals surface area contributed by atoms with Crippen molar-refractivity contribution in [1.82, 2.24) is 5.32 Å². The van der Waals surface area contributed by atoms with Crippen molar-refractivity contribution in [1.29, 1.82) is 0 Å². The van der Waals surface area contributed by atoms with Gasteiger partial charge in [-0.1, -0.05) is 72.8 Å². The van der Waals surface area contributed by atoms with Gasteiger partial charge in [0.25, 0.3) is 5.96 Å². The summed E-state index contributed by atoms with van der Waals surface area (Å²) < 4.78 is 57.1. The number of quaternary nitrogens is 1.